The summed E-state index contributed by atoms with van der Waals surface area (Å²) in [7, 11) is 0. The topological polar surface area (TPSA) is 46.9 Å². The number of pyridine rings is 1. The molecule has 2 aromatic heterocycles. The highest BCUT2D eigenvalue weighted by molar-refractivity contribution is 5.99. The molecule has 0 spiro atoms. The van der Waals surface area contributed by atoms with Crippen LogP contribution in [0.15, 0.2) is 60.7 Å². The SMILES string of the molecule is Cc1ccc2cc(-c3ccc(F)cc3)n(-c3ccc4c(c3)CC(=O)N4)c2n1. The third kappa shape index (κ3) is 2.59. The number of aromatic nitrogens is 2. The van der Waals surface area contributed by atoms with Gasteiger partial charge in [-0.3, -0.25) is 9.36 Å². The van der Waals surface area contributed by atoms with Gasteiger partial charge in [-0.1, -0.05) is 0 Å². The molecule has 4 nitrogen and oxygen atoms in total. The number of carbonyl (C=O) groups excluding carboxylic acids is 1. The number of aryl methyl sites for hydroxylation is 1. The lowest BCUT2D eigenvalue weighted by atomic mass is 10.1. The van der Waals surface area contributed by atoms with Crippen LogP contribution in [-0.2, 0) is 11.2 Å². The fourth-order valence-electron chi connectivity index (χ4n) is 3.62. The van der Waals surface area contributed by atoms with Crippen LogP contribution in [-0.4, -0.2) is 15.5 Å². The predicted molar refractivity (Wildman–Crippen MR) is 104 cm³/mol. The summed E-state index contributed by atoms with van der Waals surface area (Å²) in [5.41, 5.74) is 6.35. The molecule has 2 aromatic carbocycles. The molecular formula is C22H16FN3O. The van der Waals surface area contributed by atoms with Crippen LogP contribution in [0.3, 0.4) is 0 Å². The van der Waals surface area contributed by atoms with E-state index < -0.39 is 0 Å². The van der Waals surface area contributed by atoms with Crippen LogP contribution in [0.2, 0.25) is 0 Å². The first-order chi connectivity index (χ1) is 13.1. The van der Waals surface area contributed by atoms with E-state index in [4.69, 9.17) is 4.98 Å². The lowest BCUT2D eigenvalue weighted by Crippen LogP contribution is -2.03. The van der Waals surface area contributed by atoms with E-state index >= 15 is 0 Å². The lowest BCUT2D eigenvalue weighted by Gasteiger charge is -2.12. The Kier molecular flexibility index (Phi) is 3.37. The second-order valence-electron chi connectivity index (χ2n) is 6.80. The molecular weight excluding hydrogens is 341 g/mol. The third-order valence-corrected chi connectivity index (χ3v) is 4.90. The largest absolute Gasteiger partial charge is 0.326 e. The van der Waals surface area contributed by atoms with Gasteiger partial charge in [0.1, 0.15) is 11.5 Å². The van der Waals surface area contributed by atoms with E-state index in [9.17, 15) is 9.18 Å². The number of halogens is 1. The molecule has 0 bridgehead atoms. The van der Waals surface area contributed by atoms with Crippen molar-refractivity contribution in [2.45, 2.75) is 13.3 Å². The molecule has 0 unspecified atom stereocenters. The summed E-state index contributed by atoms with van der Waals surface area (Å²) in [6.07, 6.45) is 0.376. The second kappa shape index (κ2) is 5.77. The van der Waals surface area contributed by atoms with E-state index in [-0.39, 0.29) is 11.7 Å². The van der Waals surface area contributed by atoms with Crippen molar-refractivity contribution in [3.63, 3.8) is 0 Å². The molecule has 132 valence electrons. The molecule has 0 fully saturated rings. The van der Waals surface area contributed by atoms with Gasteiger partial charge in [-0.05, 0) is 78.7 Å². The summed E-state index contributed by atoms with van der Waals surface area (Å²) in [5.74, 6) is -0.260. The summed E-state index contributed by atoms with van der Waals surface area (Å²) in [5, 5.41) is 3.87. The second-order valence-corrected chi connectivity index (χ2v) is 6.80. The Morgan fingerprint density at radius 3 is 2.67 bits per heavy atom. The smallest absolute Gasteiger partial charge is 0.228 e. The Balaban J connectivity index is 1.78. The molecule has 0 radical (unpaired) electrons. The van der Waals surface area contributed by atoms with Crippen LogP contribution in [0.5, 0.6) is 0 Å². The minimum absolute atomic E-state index is 0.00671. The quantitative estimate of drug-likeness (QED) is 0.568. The van der Waals surface area contributed by atoms with Crippen LogP contribution < -0.4 is 5.32 Å². The molecule has 3 heterocycles. The average molecular weight is 357 g/mol. The molecule has 0 atom stereocenters. The molecule has 0 saturated heterocycles. The van der Waals surface area contributed by atoms with Gasteiger partial charge in [0, 0.05) is 22.5 Å². The molecule has 1 aliphatic heterocycles. The summed E-state index contributed by atoms with van der Waals surface area (Å²) in [6.45, 7) is 1.96. The Labute approximate surface area is 155 Å². The molecule has 5 rings (SSSR count). The lowest BCUT2D eigenvalue weighted by molar-refractivity contribution is -0.115. The fraction of sp³-hybridized carbons (Fsp3) is 0.0909. The maximum Gasteiger partial charge on any atom is 0.228 e. The Morgan fingerprint density at radius 1 is 1.04 bits per heavy atom. The van der Waals surface area contributed by atoms with E-state index in [1.807, 2.05) is 37.3 Å². The van der Waals surface area contributed by atoms with Crippen molar-refractivity contribution in [1.82, 2.24) is 9.55 Å². The van der Waals surface area contributed by atoms with Crippen LogP contribution in [0.25, 0.3) is 28.0 Å². The van der Waals surface area contributed by atoms with Gasteiger partial charge >= 0.3 is 0 Å². The molecule has 4 aromatic rings. The van der Waals surface area contributed by atoms with Crippen LogP contribution in [0.1, 0.15) is 11.3 Å². The predicted octanol–water partition coefficient (Wildman–Crippen LogP) is 4.63. The van der Waals surface area contributed by atoms with E-state index in [1.54, 1.807) is 12.1 Å². The standard InChI is InChI=1S/C22H16FN3O/c1-13-2-3-15-11-20(14-4-6-17(23)7-5-14)26(22(15)24-13)18-8-9-19-16(10-18)12-21(27)25-19/h2-11H,12H2,1H3,(H,25,27). The number of hydrogen-bond donors (Lipinski definition) is 1. The number of benzene rings is 2. The Hall–Kier alpha value is -3.47. The highest BCUT2D eigenvalue weighted by Crippen LogP contribution is 2.33. The maximum atomic E-state index is 13.4. The first-order valence-corrected chi connectivity index (χ1v) is 8.77. The zero-order chi connectivity index (χ0) is 18.5. The monoisotopic (exact) mass is 357 g/mol. The number of amides is 1. The van der Waals surface area contributed by atoms with Crippen molar-refractivity contribution in [3.8, 4) is 16.9 Å². The van der Waals surface area contributed by atoms with E-state index in [2.05, 4.69) is 16.0 Å². The normalized spacial score (nSPS) is 13.0. The minimum atomic E-state index is -0.266. The number of nitrogens with one attached hydrogen (secondary N) is 1. The molecule has 0 aliphatic carbocycles. The van der Waals surface area contributed by atoms with E-state index in [1.165, 1.54) is 12.1 Å². The maximum absolute atomic E-state index is 13.4. The first kappa shape index (κ1) is 15.8. The van der Waals surface area contributed by atoms with Gasteiger partial charge in [-0.25, -0.2) is 9.37 Å². The zero-order valence-electron chi connectivity index (χ0n) is 14.7. The number of rotatable bonds is 2. The van der Waals surface area contributed by atoms with Gasteiger partial charge in [-0.2, -0.15) is 0 Å². The van der Waals surface area contributed by atoms with Gasteiger partial charge in [-0.15, -0.1) is 0 Å². The summed E-state index contributed by atoms with van der Waals surface area (Å²) in [4.78, 5) is 16.4. The number of nitrogens with zero attached hydrogens (tertiary/aromatic N) is 2. The number of carbonyl (C=O) groups is 1. The highest BCUT2D eigenvalue weighted by atomic mass is 19.1. The Morgan fingerprint density at radius 2 is 1.85 bits per heavy atom. The molecule has 1 aliphatic rings. The fourth-order valence-corrected chi connectivity index (χ4v) is 3.62. The van der Waals surface area contributed by atoms with Crippen LogP contribution in [0, 0.1) is 12.7 Å². The van der Waals surface area contributed by atoms with Gasteiger partial charge in [0.15, 0.2) is 0 Å². The van der Waals surface area contributed by atoms with Gasteiger partial charge in [0.2, 0.25) is 5.91 Å². The summed E-state index contributed by atoms with van der Waals surface area (Å²) in [6, 6.07) is 18.5. The van der Waals surface area contributed by atoms with Gasteiger partial charge < -0.3 is 5.32 Å². The molecule has 1 N–H and O–H groups in total. The number of fused-ring (bicyclic) bond motifs is 2. The van der Waals surface area contributed by atoms with Crippen LogP contribution in [0.4, 0.5) is 10.1 Å². The molecule has 5 heteroatoms. The molecule has 27 heavy (non-hydrogen) atoms. The van der Waals surface area contributed by atoms with E-state index in [0.717, 1.165) is 44.9 Å². The highest BCUT2D eigenvalue weighted by Gasteiger charge is 2.20. The van der Waals surface area contributed by atoms with Crippen molar-refractivity contribution in [3.05, 3.63) is 77.7 Å². The zero-order valence-corrected chi connectivity index (χ0v) is 14.7. The van der Waals surface area contributed by atoms with Crippen molar-refractivity contribution in [2.75, 3.05) is 5.32 Å². The van der Waals surface area contributed by atoms with E-state index in [0.29, 0.717) is 6.42 Å². The molecule has 0 saturated carbocycles. The summed E-state index contributed by atoms with van der Waals surface area (Å²) >= 11 is 0. The van der Waals surface area contributed by atoms with Crippen LogP contribution >= 0.6 is 0 Å². The number of anilines is 1. The van der Waals surface area contributed by atoms with Crippen molar-refractivity contribution in [2.24, 2.45) is 0 Å². The van der Waals surface area contributed by atoms with Crippen molar-refractivity contribution >= 4 is 22.6 Å². The van der Waals surface area contributed by atoms with Gasteiger partial charge in [0.05, 0.1) is 12.1 Å². The first-order valence-electron chi connectivity index (χ1n) is 8.77. The number of hydrogen-bond acceptors (Lipinski definition) is 2. The summed E-state index contributed by atoms with van der Waals surface area (Å²) < 4.78 is 15.5. The van der Waals surface area contributed by atoms with Crippen molar-refractivity contribution < 1.29 is 9.18 Å². The Bertz CT molecular complexity index is 1210. The van der Waals surface area contributed by atoms with Gasteiger partial charge in [0.25, 0.3) is 0 Å². The third-order valence-electron chi connectivity index (χ3n) is 4.90. The van der Waals surface area contributed by atoms with Crippen molar-refractivity contribution in [1.29, 1.82) is 0 Å². The molecule has 1 amide bonds. The average Bonchev–Trinajstić information content (AvgIpc) is 3.20. The minimum Gasteiger partial charge on any atom is -0.326 e.